The quantitative estimate of drug-likeness (QED) is 0.815. The van der Waals surface area contributed by atoms with Crippen molar-refractivity contribution < 1.29 is 26.1 Å². The Bertz CT molecular complexity index is 691. The second-order valence-corrected chi connectivity index (χ2v) is 5.36. The molecule has 0 N–H and O–H groups in total. The number of ether oxygens (including phenoxy) is 1. The highest BCUT2D eigenvalue weighted by Gasteiger charge is 2.19. The van der Waals surface area contributed by atoms with E-state index in [1.807, 2.05) is 0 Å². The molecule has 0 aliphatic rings. The summed E-state index contributed by atoms with van der Waals surface area (Å²) in [6.45, 7) is 0. The van der Waals surface area contributed by atoms with Gasteiger partial charge in [0.25, 0.3) is 0 Å². The summed E-state index contributed by atoms with van der Waals surface area (Å²) in [5, 5.41) is 0. The summed E-state index contributed by atoms with van der Waals surface area (Å²) >= 11 is 0. The normalized spacial score (nSPS) is 11.2. The number of hydrogen-bond acceptors (Lipinski definition) is 4. The molecule has 0 aliphatic heterocycles. The summed E-state index contributed by atoms with van der Waals surface area (Å²) in [7, 11) is -2.84. The van der Waals surface area contributed by atoms with E-state index in [2.05, 4.69) is 0 Å². The third-order valence-electron chi connectivity index (χ3n) is 2.39. The third-order valence-corrected chi connectivity index (χ3v) is 3.62. The molecule has 0 saturated carbocycles. The van der Waals surface area contributed by atoms with Crippen molar-refractivity contribution in [2.75, 3.05) is 7.11 Å². The first-order valence-corrected chi connectivity index (χ1v) is 6.86. The molecule has 0 saturated heterocycles. The van der Waals surface area contributed by atoms with Crippen molar-refractivity contribution in [2.45, 2.75) is 4.90 Å². The van der Waals surface area contributed by atoms with Crippen molar-refractivity contribution in [3.8, 4) is 11.5 Å². The van der Waals surface area contributed by atoms with Crippen LogP contribution >= 0.6 is 0 Å². The smallest absolute Gasteiger partial charge is 0.339 e. The van der Waals surface area contributed by atoms with E-state index < -0.39 is 26.6 Å². The summed E-state index contributed by atoms with van der Waals surface area (Å²) in [6, 6.07) is 7.67. The molecule has 20 heavy (non-hydrogen) atoms. The number of rotatable bonds is 4. The molecule has 2 aromatic carbocycles. The van der Waals surface area contributed by atoms with E-state index in [-0.39, 0.29) is 5.75 Å². The van der Waals surface area contributed by atoms with Crippen molar-refractivity contribution in [3.05, 3.63) is 54.1 Å². The fourth-order valence-corrected chi connectivity index (χ4v) is 2.45. The first-order chi connectivity index (χ1) is 9.40. The van der Waals surface area contributed by atoms with E-state index in [4.69, 9.17) is 8.92 Å². The maximum Gasteiger partial charge on any atom is 0.339 e. The molecule has 0 aliphatic carbocycles. The van der Waals surface area contributed by atoms with Gasteiger partial charge in [0.05, 0.1) is 7.11 Å². The zero-order valence-electron chi connectivity index (χ0n) is 10.3. The minimum absolute atomic E-state index is 0.00969. The van der Waals surface area contributed by atoms with Crippen LogP contribution < -0.4 is 8.92 Å². The van der Waals surface area contributed by atoms with Gasteiger partial charge in [-0.15, -0.1) is 0 Å². The minimum Gasteiger partial charge on any atom is -0.497 e. The lowest BCUT2D eigenvalue weighted by Crippen LogP contribution is -2.10. The Morgan fingerprint density at radius 2 is 1.40 bits per heavy atom. The van der Waals surface area contributed by atoms with Gasteiger partial charge < -0.3 is 8.92 Å². The molecule has 4 nitrogen and oxygen atoms in total. The van der Waals surface area contributed by atoms with E-state index in [1.165, 1.54) is 31.4 Å². The maximum absolute atomic E-state index is 13.0. The van der Waals surface area contributed by atoms with Gasteiger partial charge in [-0.3, -0.25) is 0 Å². The molecule has 2 rings (SSSR count). The Hall–Kier alpha value is -2.15. The minimum atomic E-state index is -4.30. The Kier molecular flexibility index (Phi) is 3.89. The number of methoxy groups -OCH3 is 1. The van der Waals surface area contributed by atoms with Crippen LogP contribution in [0.25, 0.3) is 0 Å². The van der Waals surface area contributed by atoms with Gasteiger partial charge in [0.1, 0.15) is 28.0 Å². The van der Waals surface area contributed by atoms with Crippen molar-refractivity contribution in [2.24, 2.45) is 0 Å². The van der Waals surface area contributed by atoms with E-state index in [0.717, 1.165) is 0 Å². The Labute approximate surface area is 114 Å². The Morgan fingerprint density at radius 1 is 0.900 bits per heavy atom. The SMILES string of the molecule is COc1ccc(OS(=O)(=O)c2cc(F)cc(F)c2)cc1. The van der Waals surface area contributed by atoms with Gasteiger partial charge in [-0.25, -0.2) is 8.78 Å². The van der Waals surface area contributed by atoms with Crippen LogP contribution in [0.4, 0.5) is 8.78 Å². The maximum atomic E-state index is 13.0. The van der Waals surface area contributed by atoms with Crippen LogP contribution in [0.1, 0.15) is 0 Å². The van der Waals surface area contributed by atoms with E-state index in [1.54, 1.807) is 0 Å². The van der Waals surface area contributed by atoms with Crippen LogP contribution in [0.15, 0.2) is 47.4 Å². The lowest BCUT2D eigenvalue weighted by Gasteiger charge is -2.08. The molecule has 2 aromatic rings. The second kappa shape index (κ2) is 5.46. The van der Waals surface area contributed by atoms with E-state index >= 15 is 0 Å². The second-order valence-electron chi connectivity index (χ2n) is 3.82. The van der Waals surface area contributed by atoms with Gasteiger partial charge >= 0.3 is 10.1 Å². The molecule has 0 amide bonds. The monoisotopic (exact) mass is 300 g/mol. The lowest BCUT2D eigenvalue weighted by molar-refractivity contribution is 0.413. The third kappa shape index (κ3) is 3.24. The van der Waals surface area contributed by atoms with Crippen molar-refractivity contribution in [1.29, 1.82) is 0 Å². The van der Waals surface area contributed by atoms with Crippen LogP contribution in [-0.4, -0.2) is 15.5 Å². The standard InChI is InChI=1S/C13H10F2O4S/c1-18-11-2-4-12(5-3-11)19-20(16,17)13-7-9(14)6-10(15)8-13/h2-8H,1H3. The first-order valence-electron chi connectivity index (χ1n) is 5.45. The molecule has 0 atom stereocenters. The van der Waals surface area contributed by atoms with Crippen LogP contribution in [0.3, 0.4) is 0 Å². The Balaban J connectivity index is 2.30. The van der Waals surface area contributed by atoms with Crippen molar-refractivity contribution >= 4 is 10.1 Å². The van der Waals surface area contributed by atoms with E-state index in [9.17, 15) is 17.2 Å². The highest BCUT2D eigenvalue weighted by atomic mass is 32.2. The summed E-state index contributed by atoms with van der Waals surface area (Å²) in [4.78, 5) is -0.592. The van der Waals surface area contributed by atoms with Crippen LogP contribution in [0.5, 0.6) is 11.5 Å². The molecule has 0 heterocycles. The largest absolute Gasteiger partial charge is 0.497 e. The molecule has 0 aromatic heterocycles. The Morgan fingerprint density at radius 3 is 1.90 bits per heavy atom. The van der Waals surface area contributed by atoms with Crippen molar-refractivity contribution in [1.82, 2.24) is 0 Å². The molecule has 0 radical (unpaired) electrons. The highest BCUT2D eigenvalue weighted by molar-refractivity contribution is 7.87. The zero-order valence-corrected chi connectivity index (χ0v) is 11.2. The fourth-order valence-electron chi connectivity index (χ4n) is 1.48. The lowest BCUT2D eigenvalue weighted by atomic mass is 10.3. The summed E-state index contributed by atoms with van der Waals surface area (Å²) in [5.74, 6) is -1.47. The predicted molar refractivity (Wildman–Crippen MR) is 67.2 cm³/mol. The molecule has 0 unspecified atom stereocenters. The number of benzene rings is 2. The first kappa shape index (κ1) is 14.3. The van der Waals surface area contributed by atoms with Crippen LogP contribution in [0, 0.1) is 11.6 Å². The number of halogens is 2. The van der Waals surface area contributed by atoms with Crippen LogP contribution in [0.2, 0.25) is 0 Å². The van der Waals surface area contributed by atoms with Crippen molar-refractivity contribution in [3.63, 3.8) is 0 Å². The fraction of sp³-hybridized carbons (Fsp3) is 0.0769. The van der Waals surface area contributed by atoms with Gasteiger partial charge in [0.2, 0.25) is 0 Å². The summed E-state index contributed by atoms with van der Waals surface area (Å²) < 4.78 is 59.5. The molecule has 0 spiro atoms. The topological polar surface area (TPSA) is 52.6 Å². The average Bonchev–Trinajstić information content (AvgIpc) is 2.38. The van der Waals surface area contributed by atoms with E-state index in [0.29, 0.717) is 23.9 Å². The molecule has 106 valence electrons. The number of hydrogen-bond donors (Lipinski definition) is 0. The molecule has 0 bridgehead atoms. The van der Waals surface area contributed by atoms with Gasteiger partial charge in [-0.05, 0) is 36.4 Å². The van der Waals surface area contributed by atoms with Gasteiger partial charge in [0, 0.05) is 6.07 Å². The molecule has 0 fully saturated rings. The highest BCUT2D eigenvalue weighted by Crippen LogP contribution is 2.22. The van der Waals surface area contributed by atoms with Crippen LogP contribution in [-0.2, 0) is 10.1 Å². The van der Waals surface area contributed by atoms with Gasteiger partial charge in [0.15, 0.2) is 0 Å². The van der Waals surface area contributed by atoms with Gasteiger partial charge in [-0.2, -0.15) is 8.42 Å². The molecule has 7 heteroatoms. The average molecular weight is 300 g/mol. The molecular weight excluding hydrogens is 290 g/mol. The summed E-state index contributed by atoms with van der Waals surface area (Å²) in [6.07, 6.45) is 0. The zero-order chi connectivity index (χ0) is 14.8. The van der Waals surface area contributed by atoms with Gasteiger partial charge in [-0.1, -0.05) is 0 Å². The summed E-state index contributed by atoms with van der Waals surface area (Å²) in [5.41, 5.74) is 0. The molecular formula is C13H10F2O4S. The predicted octanol–water partition coefficient (Wildman–Crippen LogP) is 2.74.